The van der Waals surface area contributed by atoms with Crippen LogP contribution in [0.5, 0.6) is 0 Å². The average molecular weight is 462 g/mol. The zero-order valence-corrected chi connectivity index (χ0v) is 18.7. The first-order chi connectivity index (χ1) is 16.2. The maximum atomic E-state index is 13.0. The van der Waals surface area contributed by atoms with E-state index in [2.05, 4.69) is 25.5 Å². The fourth-order valence-corrected chi connectivity index (χ4v) is 4.40. The number of hydrogen-bond acceptors (Lipinski definition) is 6. The molecule has 0 bridgehead atoms. The van der Waals surface area contributed by atoms with Gasteiger partial charge in [-0.25, -0.2) is 4.98 Å². The maximum absolute atomic E-state index is 13.0. The van der Waals surface area contributed by atoms with Crippen LogP contribution < -0.4 is 10.6 Å². The number of anilines is 2. The number of morpholine rings is 1. The Morgan fingerprint density at radius 3 is 2.73 bits per heavy atom. The number of hydrogen-bond donors (Lipinski definition) is 3. The number of aromatic nitrogens is 2. The van der Waals surface area contributed by atoms with Crippen LogP contribution in [-0.2, 0) is 11.3 Å². The van der Waals surface area contributed by atoms with Crippen molar-refractivity contribution in [3.63, 3.8) is 0 Å². The van der Waals surface area contributed by atoms with Crippen molar-refractivity contribution in [2.24, 2.45) is 0 Å². The van der Waals surface area contributed by atoms with Crippen molar-refractivity contribution in [1.29, 1.82) is 0 Å². The zero-order valence-electron chi connectivity index (χ0n) is 17.8. The molecule has 1 fully saturated rings. The number of H-pyrrole nitrogens is 1. The Morgan fingerprint density at radius 2 is 1.91 bits per heavy atom. The van der Waals surface area contributed by atoms with E-state index in [0.717, 1.165) is 49.7 Å². The van der Waals surface area contributed by atoms with Crippen LogP contribution in [0.4, 0.5) is 11.4 Å². The summed E-state index contributed by atoms with van der Waals surface area (Å²) in [5.74, 6) is 0.337. The van der Waals surface area contributed by atoms with Crippen LogP contribution in [0, 0.1) is 0 Å². The SMILES string of the molecule is O=C(Nc1ccccc1C(=O)Nc1ccc2nc(CN3CCOCC3)[nH]c2c1)c1ccsc1. The first-order valence-electron chi connectivity index (χ1n) is 10.7. The number of carbonyl (C=O) groups is 2. The molecule has 33 heavy (non-hydrogen) atoms. The Kier molecular flexibility index (Phi) is 6.16. The lowest BCUT2D eigenvalue weighted by atomic mass is 10.1. The number of nitrogens with one attached hydrogen (secondary N) is 3. The number of thiophene rings is 1. The molecule has 2 amide bonds. The summed E-state index contributed by atoms with van der Waals surface area (Å²) in [7, 11) is 0. The minimum Gasteiger partial charge on any atom is -0.379 e. The number of imidazole rings is 1. The monoisotopic (exact) mass is 461 g/mol. The fraction of sp³-hybridized carbons (Fsp3) is 0.208. The molecule has 2 aromatic carbocycles. The van der Waals surface area contributed by atoms with Crippen molar-refractivity contribution >= 4 is 45.6 Å². The Bertz CT molecular complexity index is 1280. The summed E-state index contributed by atoms with van der Waals surface area (Å²) in [6, 6.07) is 14.3. The second-order valence-corrected chi connectivity index (χ2v) is 8.55. The van der Waals surface area contributed by atoms with Gasteiger partial charge in [0.1, 0.15) is 5.82 Å². The smallest absolute Gasteiger partial charge is 0.257 e. The summed E-state index contributed by atoms with van der Waals surface area (Å²) >= 11 is 1.45. The second-order valence-electron chi connectivity index (χ2n) is 7.77. The number of fused-ring (bicyclic) bond motifs is 1. The predicted octanol–water partition coefficient (Wildman–Crippen LogP) is 3.96. The molecule has 1 saturated heterocycles. The first-order valence-corrected chi connectivity index (χ1v) is 11.6. The van der Waals surface area contributed by atoms with Crippen LogP contribution in [0.2, 0.25) is 0 Å². The van der Waals surface area contributed by atoms with E-state index < -0.39 is 0 Å². The third kappa shape index (κ3) is 4.95. The summed E-state index contributed by atoms with van der Waals surface area (Å²) in [4.78, 5) is 35.7. The van der Waals surface area contributed by atoms with Gasteiger partial charge in [0, 0.05) is 24.2 Å². The van der Waals surface area contributed by atoms with Crippen molar-refractivity contribution in [3.05, 3.63) is 76.2 Å². The number of ether oxygens (including phenoxy) is 1. The number of amides is 2. The van der Waals surface area contributed by atoms with E-state index in [1.807, 2.05) is 23.6 Å². The summed E-state index contributed by atoms with van der Waals surface area (Å²) < 4.78 is 5.40. The van der Waals surface area contributed by atoms with E-state index >= 15 is 0 Å². The van der Waals surface area contributed by atoms with Crippen LogP contribution in [0.15, 0.2) is 59.3 Å². The minimum absolute atomic E-state index is 0.247. The normalized spacial score (nSPS) is 14.3. The van der Waals surface area contributed by atoms with Gasteiger partial charge in [-0.15, -0.1) is 0 Å². The molecule has 0 unspecified atom stereocenters. The Balaban J connectivity index is 1.30. The highest BCUT2D eigenvalue weighted by Crippen LogP contribution is 2.22. The van der Waals surface area contributed by atoms with Gasteiger partial charge in [-0.3, -0.25) is 14.5 Å². The molecular weight excluding hydrogens is 438 g/mol. The molecule has 0 saturated carbocycles. The van der Waals surface area contributed by atoms with Gasteiger partial charge in [-0.2, -0.15) is 11.3 Å². The van der Waals surface area contributed by atoms with Crippen molar-refractivity contribution in [1.82, 2.24) is 14.9 Å². The highest BCUT2D eigenvalue weighted by atomic mass is 32.1. The molecule has 168 valence electrons. The molecule has 0 atom stereocenters. The lowest BCUT2D eigenvalue weighted by Crippen LogP contribution is -2.35. The molecule has 3 heterocycles. The molecule has 5 rings (SSSR count). The minimum atomic E-state index is -0.302. The van der Waals surface area contributed by atoms with Crippen molar-refractivity contribution in [3.8, 4) is 0 Å². The highest BCUT2D eigenvalue weighted by Gasteiger charge is 2.16. The Labute approximate surface area is 194 Å². The van der Waals surface area contributed by atoms with Gasteiger partial charge in [-0.1, -0.05) is 12.1 Å². The Morgan fingerprint density at radius 1 is 1.06 bits per heavy atom. The zero-order chi connectivity index (χ0) is 22.6. The molecule has 2 aromatic heterocycles. The fourth-order valence-electron chi connectivity index (χ4n) is 3.76. The third-order valence-corrected chi connectivity index (χ3v) is 6.15. The van der Waals surface area contributed by atoms with Crippen molar-refractivity contribution in [2.75, 3.05) is 36.9 Å². The van der Waals surface area contributed by atoms with Gasteiger partial charge in [-0.05, 0) is 41.8 Å². The van der Waals surface area contributed by atoms with Crippen LogP contribution in [0.1, 0.15) is 26.5 Å². The van der Waals surface area contributed by atoms with Gasteiger partial charge in [0.15, 0.2) is 0 Å². The molecule has 0 aliphatic carbocycles. The summed E-state index contributed by atoms with van der Waals surface area (Å²) in [5.41, 5.74) is 3.76. The predicted molar refractivity (Wildman–Crippen MR) is 129 cm³/mol. The van der Waals surface area contributed by atoms with E-state index in [1.165, 1.54) is 11.3 Å². The molecular formula is C24H23N5O3S. The standard InChI is InChI=1S/C24H23N5O3S/c30-23(16-7-12-33-15-16)28-19-4-2-1-3-18(19)24(31)25-17-5-6-20-21(13-17)27-22(26-20)14-29-8-10-32-11-9-29/h1-7,12-13,15H,8-11,14H2,(H,25,31)(H,26,27)(H,28,30). The summed E-state index contributed by atoms with van der Waals surface area (Å²) in [6.45, 7) is 4.00. The molecule has 0 radical (unpaired) electrons. The number of nitrogens with zero attached hydrogens (tertiary/aromatic N) is 2. The summed E-state index contributed by atoms with van der Waals surface area (Å²) in [6.07, 6.45) is 0. The number of benzene rings is 2. The molecule has 0 spiro atoms. The van der Waals surface area contributed by atoms with E-state index in [4.69, 9.17) is 4.74 Å². The van der Waals surface area contributed by atoms with Crippen LogP contribution in [0.25, 0.3) is 11.0 Å². The van der Waals surface area contributed by atoms with Gasteiger partial charge < -0.3 is 20.4 Å². The molecule has 8 nitrogen and oxygen atoms in total. The number of carbonyl (C=O) groups excluding carboxylic acids is 2. The average Bonchev–Trinajstić information content (AvgIpc) is 3.50. The lowest BCUT2D eigenvalue weighted by Gasteiger charge is -2.25. The maximum Gasteiger partial charge on any atom is 0.257 e. The molecule has 4 aromatic rings. The first kappa shape index (κ1) is 21.3. The lowest BCUT2D eigenvalue weighted by molar-refractivity contribution is 0.0332. The molecule has 1 aliphatic heterocycles. The van der Waals surface area contributed by atoms with Crippen LogP contribution in [0.3, 0.4) is 0 Å². The highest BCUT2D eigenvalue weighted by molar-refractivity contribution is 7.08. The largest absolute Gasteiger partial charge is 0.379 e. The van der Waals surface area contributed by atoms with E-state index in [-0.39, 0.29) is 11.8 Å². The number of rotatable bonds is 6. The van der Waals surface area contributed by atoms with Crippen LogP contribution in [-0.4, -0.2) is 53.0 Å². The van der Waals surface area contributed by atoms with Gasteiger partial charge in [0.25, 0.3) is 11.8 Å². The van der Waals surface area contributed by atoms with Gasteiger partial charge in [0.2, 0.25) is 0 Å². The quantitative estimate of drug-likeness (QED) is 0.404. The van der Waals surface area contributed by atoms with Crippen LogP contribution >= 0.6 is 11.3 Å². The topological polar surface area (TPSA) is 99.3 Å². The molecule has 3 N–H and O–H groups in total. The summed E-state index contributed by atoms with van der Waals surface area (Å²) in [5, 5.41) is 9.36. The van der Waals surface area contributed by atoms with E-state index in [0.29, 0.717) is 22.5 Å². The van der Waals surface area contributed by atoms with Gasteiger partial charge in [0.05, 0.1) is 47.6 Å². The van der Waals surface area contributed by atoms with E-state index in [9.17, 15) is 9.59 Å². The second kappa shape index (κ2) is 9.53. The molecule has 1 aliphatic rings. The van der Waals surface area contributed by atoms with Crippen molar-refractivity contribution < 1.29 is 14.3 Å². The number of aromatic amines is 1. The van der Waals surface area contributed by atoms with E-state index in [1.54, 1.807) is 35.7 Å². The third-order valence-electron chi connectivity index (χ3n) is 5.47. The Hall–Kier alpha value is -3.53. The number of para-hydroxylation sites is 1. The van der Waals surface area contributed by atoms with Crippen molar-refractivity contribution in [2.45, 2.75) is 6.54 Å². The molecule has 9 heteroatoms. The van der Waals surface area contributed by atoms with Gasteiger partial charge >= 0.3 is 0 Å².